The number of anilines is 1. The Morgan fingerprint density at radius 2 is 2.06 bits per heavy atom. The van der Waals surface area contributed by atoms with Crippen molar-refractivity contribution in [2.45, 2.75) is 6.42 Å². The van der Waals surface area contributed by atoms with E-state index in [2.05, 4.69) is 11.9 Å². The van der Waals surface area contributed by atoms with E-state index in [0.717, 1.165) is 16.7 Å². The van der Waals surface area contributed by atoms with Crippen LogP contribution < -0.4 is 19.5 Å². The van der Waals surface area contributed by atoms with Crippen molar-refractivity contribution < 1.29 is 33.7 Å². The van der Waals surface area contributed by atoms with Crippen LogP contribution in [0.5, 0.6) is 23.0 Å². The van der Waals surface area contributed by atoms with Crippen molar-refractivity contribution in [3.05, 3.63) is 59.0 Å². The monoisotopic (exact) mass is 468 g/mol. The molecule has 170 valence electrons. The van der Waals surface area contributed by atoms with Gasteiger partial charge in [-0.05, 0) is 54.1 Å². The molecule has 2 aromatic rings. The first-order valence-corrected chi connectivity index (χ1v) is 10.7. The molecular formula is C23H20N2O7S. The molecule has 2 heterocycles. The fourth-order valence-electron chi connectivity index (χ4n) is 3.35. The van der Waals surface area contributed by atoms with Gasteiger partial charge < -0.3 is 24.6 Å². The van der Waals surface area contributed by atoms with Crippen LogP contribution in [0.2, 0.25) is 0 Å². The van der Waals surface area contributed by atoms with Crippen LogP contribution >= 0.6 is 11.8 Å². The molecule has 2 aliphatic rings. The summed E-state index contributed by atoms with van der Waals surface area (Å²) in [6.45, 7) is 3.34. The van der Waals surface area contributed by atoms with E-state index < -0.39 is 23.6 Å². The molecule has 3 amide bonds. The lowest BCUT2D eigenvalue weighted by atomic mass is 10.1. The van der Waals surface area contributed by atoms with E-state index in [1.54, 1.807) is 36.4 Å². The van der Waals surface area contributed by atoms with Gasteiger partial charge in [0.2, 0.25) is 12.7 Å². The van der Waals surface area contributed by atoms with Crippen LogP contribution in [0.25, 0.3) is 6.08 Å². The number of hydrogen-bond acceptors (Lipinski definition) is 8. The van der Waals surface area contributed by atoms with E-state index in [-0.39, 0.29) is 23.2 Å². The van der Waals surface area contributed by atoms with Gasteiger partial charge in [0.25, 0.3) is 11.1 Å². The number of imide groups is 1. The van der Waals surface area contributed by atoms with Gasteiger partial charge in [0.15, 0.2) is 23.0 Å². The normalized spacial score (nSPS) is 15.8. The van der Waals surface area contributed by atoms with Crippen LogP contribution in [-0.4, -0.2) is 47.5 Å². The maximum atomic E-state index is 12.8. The highest BCUT2D eigenvalue weighted by molar-refractivity contribution is 8.18. The van der Waals surface area contributed by atoms with E-state index in [0.29, 0.717) is 34.7 Å². The molecule has 9 nitrogen and oxygen atoms in total. The molecule has 0 aliphatic carbocycles. The van der Waals surface area contributed by atoms with Gasteiger partial charge in [-0.2, -0.15) is 0 Å². The number of thioether (sulfide) groups is 1. The first-order valence-electron chi connectivity index (χ1n) is 9.85. The number of amides is 3. The molecule has 0 unspecified atom stereocenters. The first kappa shape index (κ1) is 22.3. The number of benzene rings is 2. The average Bonchev–Trinajstić information content (AvgIpc) is 3.35. The van der Waals surface area contributed by atoms with Crippen LogP contribution in [0.3, 0.4) is 0 Å². The molecule has 1 fully saturated rings. The van der Waals surface area contributed by atoms with Crippen molar-refractivity contribution >= 4 is 40.6 Å². The number of aromatic hydroxyl groups is 1. The molecule has 2 N–H and O–H groups in total. The van der Waals surface area contributed by atoms with Crippen molar-refractivity contribution in [2.75, 3.05) is 25.8 Å². The van der Waals surface area contributed by atoms with E-state index in [1.165, 1.54) is 13.2 Å². The summed E-state index contributed by atoms with van der Waals surface area (Å²) in [4.78, 5) is 38.7. The van der Waals surface area contributed by atoms with Crippen LogP contribution in [-0.2, 0) is 16.0 Å². The molecule has 2 aliphatic heterocycles. The summed E-state index contributed by atoms with van der Waals surface area (Å²) in [7, 11) is 1.42. The van der Waals surface area contributed by atoms with Crippen molar-refractivity contribution in [2.24, 2.45) is 0 Å². The fourth-order valence-corrected chi connectivity index (χ4v) is 4.18. The molecule has 1 saturated heterocycles. The molecule has 0 bridgehead atoms. The summed E-state index contributed by atoms with van der Waals surface area (Å²) in [6, 6.07) is 8.14. The number of phenols is 1. The highest BCUT2D eigenvalue weighted by Crippen LogP contribution is 2.37. The smallest absolute Gasteiger partial charge is 0.294 e. The SMILES string of the molecule is C=CCc1cc(/C=C2\SC(=O)N(CC(=O)Nc3ccc4c(c3)OCO4)C2=O)cc(OC)c1O. The number of carbonyl (C=O) groups excluding carboxylic acids is 3. The number of carbonyl (C=O) groups is 3. The molecule has 4 rings (SSSR count). The largest absolute Gasteiger partial charge is 0.504 e. The average molecular weight is 468 g/mol. The van der Waals surface area contributed by atoms with Gasteiger partial charge in [-0.1, -0.05) is 6.08 Å². The molecule has 2 aromatic carbocycles. The molecule has 0 atom stereocenters. The second-order valence-corrected chi connectivity index (χ2v) is 8.10. The lowest BCUT2D eigenvalue weighted by Crippen LogP contribution is -2.36. The van der Waals surface area contributed by atoms with Crippen molar-refractivity contribution in [3.63, 3.8) is 0 Å². The molecule has 0 aromatic heterocycles. The number of phenolic OH excluding ortho intramolecular Hbond substituents is 1. The minimum absolute atomic E-state index is 0.0113. The molecular weight excluding hydrogens is 448 g/mol. The standard InChI is InChI=1S/C23H20N2O7S/c1-3-4-14-7-13(8-18(30-2)21(14)27)9-19-22(28)25(23(29)33-19)11-20(26)24-15-5-6-16-17(10-15)32-12-31-16/h3,5-10,27H,1,4,11-12H2,2H3,(H,24,26)/b19-9-. The van der Waals surface area contributed by atoms with Gasteiger partial charge in [-0.25, -0.2) is 0 Å². The van der Waals surface area contributed by atoms with Gasteiger partial charge in [-0.15, -0.1) is 6.58 Å². The van der Waals surface area contributed by atoms with Crippen molar-refractivity contribution in [1.29, 1.82) is 0 Å². The van der Waals surface area contributed by atoms with Crippen LogP contribution in [0.15, 0.2) is 47.9 Å². The van der Waals surface area contributed by atoms with Crippen LogP contribution in [0, 0.1) is 0 Å². The Morgan fingerprint density at radius 1 is 1.27 bits per heavy atom. The molecule has 0 radical (unpaired) electrons. The van der Waals surface area contributed by atoms with Crippen LogP contribution in [0.4, 0.5) is 10.5 Å². The maximum absolute atomic E-state index is 12.8. The lowest BCUT2D eigenvalue weighted by Gasteiger charge is -2.13. The van der Waals surface area contributed by atoms with E-state index >= 15 is 0 Å². The van der Waals surface area contributed by atoms with E-state index in [1.807, 2.05) is 0 Å². The van der Waals surface area contributed by atoms with Crippen molar-refractivity contribution in [3.8, 4) is 23.0 Å². The van der Waals surface area contributed by atoms with E-state index in [9.17, 15) is 19.5 Å². The van der Waals surface area contributed by atoms with Gasteiger partial charge in [0, 0.05) is 17.3 Å². The zero-order chi connectivity index (χ0) is 23.5. The van der Waals surface area contributed by atoms with Gasteiger partial charge in [0.05, 0.1) is 12.0 Å². The maximum Gasteiger partial charge on any atom is 0.294 e. The van der Waals surface area contributed by atoms with Crippen molar-refractivity contribution in [1.82, 2.24) is 4.90 Å². The summed E-state index contributed by atoms with van der Waals surface area (Å²) in [6.07, 6.45) is 3.55. The Hall–Kier alpha value is -3.92. The Kier molecular flexibility index (Phi) is 6.27. The number of methoxy groups -OCH3 is 1. The Balaban J connectivity index is 1.48. The Bertz CT molecular complexity index is 1190. The third-order valence-electron chi connectivity index (χ3n) is 4.89. The zero-order valence-electron chi connectivity index (χ0n) is 17.6. The quantitative estimate of drug-likeness (QED) is 0.469. The van der Waals surface area contributed by atoms with E-state index in [4.69, 9.17) is 14.2 Å². The number of fused-ring (bicyclic) bond motifs is 1. The van der Waals surface area contributed by atoms with Gasteiger partial charge in [0.1, 0.15) is 6.54 Å². The zero-order valence-corrected chi connectivity index (χ0v) is 18.4. The minimum Gasteiger partial charge on any atom is -0.504 e. The highest BCUT2D eigenvalue weighted by Gasteiger charge is 2.36. The summed E-state index contributed by atoms with van der Waals surface area (Å²) in [5.74, 6) is 0.194. The number of rotatable bonds is 7. The summed E-state index contributed by atoms with van der Waals surface area (Å²) < 4.78 is 15.7. The number of nitrogens with zero attached hydrogens (tertiary/aromatic N) is 1. The highest BCUT2D eigenvalue weighted by atomic mass is 32.2. The number of hydrogen-bond donors (Lipinski definition) is 2. The topological polar surface area (TPSA) is 114 Å². The summed E-state index contributed by atoms with van der Waals surface area (Å²) in [5, 5.41) is 12.3. The summed E-state index contributed by atoms with van der Waals surface area (Å²) in [5.41, 5.74) is 1.59. The summed E-state index contributed by atoms with van der Waals surface area (Å²) >= 11 is 0.737. The Morgan fingerprint density at radius 3 is 2.82 bits per heavy atom. The third kappa shape index (κ3) is 4.65. The molecule has 33 heavy (non-hydrogen) atoms. The number of nitrogens with one attached hydrogen (secondary N) is 1. The Labute approximate surface area is 193 Å². The number of ether oxygens (including phenoxy) is 3. The van der Waals surface area contributed by atoms with Gasteiger partial charge >= 0.3 is 0 Å². The lowest BCUT2D eigenvalue weighted by molar-refractivity contribution is -0.127. The second kappa shape index (κ2) is 9.29. The predicted molar refractivity (Wildman–Crippen MR) is 122 cm³/mol. The van der Waals surface area contributed by atoms with Crippen LogP contribution in [0.1, 0.15) is 11.1 Å². The molecule has 0 saturated carbocycles. The number of allylic oxidation sites excluding steroid dienone is 1. The third-order valence-corrected chi connectivity index (χ3v) is 5.80. The fraction of sp³-hybridized carbons (Fsp3) is 0.174. The second-order valence-electron chi connectivity index (χ2n) is 7.11. The minimum atomic E-state index is -0.580. The first-order chi connectivity index (χ1) is 15.9. The molecule has 10 heteroatoms. The predicted octanol–water partition coefficient (Wildman–Crippen LogP) is 3.53. The van der Waals surface area contributed by atoms with Gasteiger partial charge in [-0.3, -0.25) is 19.3 Å². The molecule has 0 spiro atoms.